The van der Waals surface area contributed by atoms with Gasteiger partial charge in [0.1, 0.15) is 6.54 Å². The lowest BCUT2D eigenvalue weighted by Gasteiger charge is -2.27. The lowest BCUT2D eigenvalue weighted by atomic mass is 10.2. The maximum Gasteiger partial charge on any atom is 0.321 e. The molecule has 1 aliphatic rings. The van der Waals surface area contributed by atoms with E-state index in [1.807, 2.05) is 0 Å². The molecule has 0 aromatic carbocycles. The largest absolute Gasteiger partial charge is 0.468 e. The van der Waals surface area contributed by atoms with Crippen LogP contribution in [0.15, 0.2) is 0 Å². The Balaban J connectivity index is 2.77. The fourth-order valence-electron chi connectivity index (χ4n) is 2.00. The van der Waals surface area contributed by atoms with Crippen LogP contribution in [-0.2, 0) is 19.7 Å². The number of likely N-dealkylation sites (N-methyl/N-ethyl adjacent to an activating group) is 1. The molecule has 106 valence electrons. The van der Waals surface area contributed by atoms with E-state index in [9.17, 15) is 13.2 Å². The third kappa shape index (κ3) is 3.93. The Morgan fingerprint density at radius 1 is 1.22 bits per heavy atom. The summed E-state index contributed by atoms with van der Waals surface area (Å²) >= 11 is 0. The highest BCUT2D eigenvalue weighted by Crippen LogP contribution is 2.16. The lowest BCUT2D eigenvalue weighted by molar-refractivity contribution is -0.140. The number of methoxy groups -OCH3 is 1. The zero-order valence-corrected chi connectivity index (χ0v) is 11.9. The molecular formula is C11H22N2O4S. The number of hydrogen-bond donors (Lipinski definition) is 0. The van der Waals surface area contributed by atoms with Crippen molar-refractivity contribution in [2.45, 2.75) is 32.6 Å². The van der Waals surface area contributed by atoms with E-state index in [4.69, 9.17) is 0 Å². The Hall–Kier alpha value is -0.660. The summed E-state index contributed by atoms with van der Waals surface area (Å²) in [5.41, 5.74) is 0. The van der Waals surface area contributed by atoms with E-state index >= 15 is 0 Å². The van der Waals surface area contributed by atoms with Crippen molar-refractivity contribution in [2.75, 3.05) is 33.3 Å². The van der Waals surface area contributed by atoms with E-state index < -0.39 is 16.2 Å². The van der Waals surface area contributed by atoms with Crippen LogP contribution >= 0.6 is 0 Å². The molecule has 0 aliphatic carbocycles. The SMILES string of the molecule is CCN(CC(=O)OC)S(=O)(=O)N1CCCCCC1. The minimum atomic E-state index is -3.54. The lowest BCUT2D eigenvalue weighted by Crippen LogP contribution is -2.46. The van der Waals surface area contributed by atoms with Crippen LogP contribution in [0.5, 0.6) is 0 Å². The zero-order valence-electron chi connectivity index (χ0n) is 11.1. The zero-order chi connectivity index (χ0) is 13.6. The summed E-state index contributed by atoms with van der Waals surface area (Å²) in [5.74, 6) is -0.532. The average Bonchev–Trinajstić information content (AvgIpc) is 2.64. The summed E-state index contributed by atoms with van der Waals surface area (Å²) in [6, 6.07) is 0. The van der Waals surface area contributed by atoms with E-state index in [2.05, 4.69) is 4.74 Å². The number of nitrogens with zero attached hydrogens (tertiary/aromatic N) is 2. The Morgan fingerprint density at radius 2 is 1.78 bits per heavy atom. The average molecular weight is 278 g/mol. The molecule has 0 aromatic heterocycles. The van der Waals surface area contributed by atoms with E-state index in [1.165, 1.54) is 15.7 Å². The smallest absolute Gasteiger partial charge is 0.321 e. The fraction of sp³-hybridized carbons (Fsp3) is 0.909. The summed E-state index contributed by atoms with van der Waals surface area (Å²) in [6.45, 7) is 2.86. The van der Waals surface area contributed by atoms with Crippen molar-refractivity contribution in [2.24, 2.45) is 0 Å². The number of ether oxygens (including phenoxy) is 1. The molecule has 0 spiro atoms. The van der Waals surface area contributed by atoms with Gasteiger partial charge in [0, 0.05) is 19.6 Å². The Morgan fingerprint density at radius 3 is 2.22 bits per heavy atom. The van der Waals surface area contributed by atoms with E-state index in [0.717, 1.165) is 25.7 Å². The first-order chi connectivity index (χ1) is 8.52. The molecule has 1 aliphatic heterocycles. The molecule has 0 aromatic rings. The predicted octanol–water partition coefficient (Wildman–Crippen LogP) is 0.602. The summed E-state index contributed by atoms with van der Waals surface area (Å²) in [5, 5.41) is 0. The van der Waals surface area contributed by atoms with Gasteiger partial charge in [0.05, 0.1) is 7.11 Å². The molecule has 0 radical (unpaired) electrons. The van der Waals surface area contributed by atoms with Gasteiger partial charge in [-0.3, -0.25) is 4.79 Å². The van der Waals surface area contributed by atoms with E-state index in [0.29, 0.717) is 13.1 Å². The number of carbonyl (C=O) groups is 1. The van der Waals surface area contributed by atoms with Gasteiger partial charge in [-0.1, -0.05) is 19.8 Å². The quantitative estimate of drug-likeness (QED) is 0.691. The molecule has 18 heavy (non-hydrogen) atoms. The van der Waals surface area contributed by atoms with Crippen LogP contribution in [0.4, 0.5) is 0 Å². The van der Waals surface area contributed by atoms with Gasteiger partial charge in [0.2, 0.25) is 0 Å². The first-order valence-corrected chi connectivity index (χ1v) is 7.74. The molecule has 1 heterocycles. The van der Waals surface area contributed by atoms with Gasteiger partial charge < -0.3 is 4.74 Å². The number of hydrogen-bond acceptors (Lipinski definition) is 4. The van der Waals surface area contributed by atoms with Gasteiger partial charge in [-0.05, 0) is 12.8 Å². The maximum absolute atomic E-state index is 12.4. The van der Waals surface area contributed by atoms with Gasteiger partial charge in [-0.2, -0.15) is 17.0 Å². The molecule has 1 saturated heterocycles. The van der Waals surface area contributed by atoms with Gasteiger partial charge in [-0.25, -0.2) is 0 Å². The number of carbonyl (C=O) groups excluding carboxylic acids is 1. The van der Waals surface area contributed by atoms with Crippen LogP contribution in [-0.4, -0.2) is 56.3 Å². The summed E-state index contributed by atoms with van der Waals surface area (Å²) in [4.78, 5) is 11.2. The molecule has 1 rings (SSSR count). The van der Waals surface area contributed by atoms with Crippen molar-refractivity contribution >= 4 is 16.2 Å². The summed E-state index contributed by atoms with van der Waals surface area (Å²) in [6.07, 6.45) is 3.90. The van der Waals surface area contributed by atoms with Gasteiger partial charge in [0.25, 0.3) is 10.2 Å². The third-order valence-corrected chi connectivity index (χ3v) is 5.16. The molecule has 0 unspecified atom stereocenters. The van der Waals surface area contributed by atoms with Crippen molar-refractivity contribution in [1.29, 1.82) is 0 Å². The molecule has 0 bridgehead atoms. The number of rotatable bonds is 5. The third-order valence-electron chi connectivity index (χ3n) is 3.10. The summed E-state index contributed by atoms with van der Waals surface area (Å²) < 4.78 is 31.9. The van der Waals surface area contributed by atoms with Crippen molar-refractivity contribution in [3.63, 3.8) is 0 Å². The topological polar surface area (TPSA) is 66.9 Å². The van der Waals surface area contributed by atoms with Crippen molar-refractivity contribution in [3.8, 4) is 0 Å². The second-order valence-corrected chi connectivity index (χ2v) is 6.25. The standard InChI is InChI=1S/C11H22N2O4S/c1-3-12(10-11(14)17-2)18(15,16)13-8-6-4-5-7-9-13/h3-10H2,1-2H3. The van der Waals surface area contributed by atoms with Crippen molar-refractivity contribution < 1.29 is 17.9 Å². The van der Waals surface area contributed by atoms with Gasteiger partial charge in [-0.15, -0.1) is 0 Å². The van der Waals surface area contributed by atoms with Crippen molar-refractivity contribution in [1.82, 2.24) is 8.61 Å². The van der Waals surface area contributed by atoms with Crippen LogP contribution in [0.3, 0.4) is 0 Å². The van der Waals surface area contributed by atoms with Crippen LogP contribution < -0.4 is 0 Å². The molecular weight excluding hydrogens is 256 g/mol. The minimum Gasteiger partial charge on any atom is -0.468 e. The minimum absolute atomic E-state index is 0.216. The predicted molar refractivity (Wildman–Crippen MR) is 68.2 cm³/mol. The van der Waals surface area contributed by atoms with Crippen LogP contribution in [0.25, 0.3) is 0 Å². The Bertz CT molecular complexity index is 361. The summed E-state index contributed by atoms with van der Waals surface area (Å²) in [7, 11) is -2.28. The number of esters is 1. The van der Waals surface area contributed by atoms with Gasteiger partial charge in [0.15, 0.2) is 0 Å². The van der Waals surface area contributed by atoms with Gasteiger partial charge >= 0.3 is 5.97 Å². The molecule has 0 saturated carbocycles. The highest BCUT2D eigenvalue weighted by molar-refractivity contribution is 7.86. The Kier molecular flexibility index (Phi) is 6.04. The molecule has 6 nitrogen and oxygen atoms in total. The van der Waals surface area contributed by atoms with E-state index in [-0.39, 0.29) is 13.1 Å². The second kappa shape index (κ2) is 7.06. The second-order valence-electron chi connectivity index (χ2n) is 4.32. The Labute approximate surface area is 109 Å². The highest BCUT2D eigenvalue weighted by atomic mass is 32.2. The molecule has 0 amide bonds. The molecule has 0 atom stereocenters. The van der Waals surface area contributed by atoms with Crippen LogP contribution in [0, 0.1) is 0 Å². The molecule has 1 fully saturated rings. The first-order valence-electron chi connectivity index (χ1n) is 6.34. The normalized spacial score (nSPS) is 18.6. The fourth-order valence-corrected chi connectivity index (χ4v) is 3.64. The van der Waals surface area contributed by atoms with Crippen LogP contribution in [0.1, 0.15) is 32.6 Å². The van der Waals surface area contributed by atoms with Crippen LogP contribution in [0.2, 0.25) is 0 Å². The first kappa shape index (κ1) is 15.4. The van der Waals surface area contributed by atoms with E-state index in [1.54, 1.807) is 6.92 Å². The van der Waals surface area contributed by atoms with Crippen molar-refractivity contribution in [3.05, 3.63) is 0 Å². The molecule has 0 N–H and O–H groups in total. The maximum atomic E-state index is 12.4. The highest BCUT2D eigenvalue weighted by Gasteiger charge is 2.30. The molecule has 7 heteroatoms. The monoisotopic (exact) mass is 278 g/mol.